The van der Waals surface area contributed by atoms with Crippen LogP contribution in [0.2, 0.25) is 0 Å². The smallest absolute Gasteiger partial charge is 0.240 e. The number of nitrogens with one attached hydrogen (secondary N) is 3. The average Bonchev–Trinajstić information content (AvgIpc) is 2.95. The van der Waals surface area contributed by atoms with Crippen LogP contribution in [0.15, 0.2) is 53.4 Å². The summed E-state index contributed by atoms with van der Waals surface area (Å²) in [6.07, 6.45) is 10.8. The number of hydrogen-bond acceptors (Lipinski definition) is 6. The van der Waals surface area contributed by atoms with Crippen molar-refractivity contribution in [2.24, 2.45) is 17.8 Å². The van der Waals surface area contributed by atoms with Crippen molar-refractivity contribution < 1.29 is 8.42 Å². The van der Waals surface area contributed by atoms with Gasteiger partial charge in [0.15, 0.2) is 0 Å². The molecule has 0 atom stereocenters. The second kappa shape index (κ2) is 12.4. The minimum absolute atomic E-state index is 0.337. The number of sulfonamides is 1. The topological polar surface area (TPSA) is 96.0 Å². The molecule has 2 saturated carbocycles. The van der Waals surface area contributed by atoms with Gasteiger partial charge in [-0.3, -0.25) is 0 Å². The molecule has 0 radical (unpaired) electrons. The number of hydrogen-bond donors (Lipinski definition) is 3. The van der Waals surface area contributed by atoms with Crippen LogP contribution >= 0.6 is 0 Å². The van der Waals surface area contributed by atoms with Gasteiger partial charge in [-0.15, -0.1) is 0 Å². The molecular weight excluding hydrogens is 494 g/mol. The van der Waals surface area contributed by atoms with Crippen LogP contribution in [-0.4, -0.2) is 38.0 Å². The minimum Gasteiger partial charge on any atom is -0.369 e. The third-order valence-electron chi connectivity index (χ3n) is 8.29. The zero-order valence-electron chi connectivity index (χ0n) is 22.5. The van der Waals surface area contributed by atoms with Gasteiger partial charge in [0.1, 0.15) is 5.82 Å². The normalized spacial score (nSPS) is 20.9. The predicted molar refractivity (Wildman–Crippen MR) is 155 cm³/mol. The van der Waals surface area contributed by atoms with Gasteiger partial charge in [0.05, 0.1) is 10.4 Å². The summed E-state index contributed by atoms with van der Waals surface area (Å²) in [4.78, 5) is 9.98. The molecule has 1 heterocycles. The van der Waals surface area contributed by atoms with E-state index in [0.717, 1.165) is 67.0 Å². The maximum Gasteiger partial charge on any atom is 0.240 e. The van der Waals surface area contributed by atoms with Crippen molar-refractivity contribution in [1.82, 2.24) is 14.7 Å². The van der Waals surface area contributed by atoms with E-state index >= 15 is 0 Å². The highest BCUT2D eigenvalue weighted by Gasteiger charge is 2.24. The quantitative estimate of drug-likeness (QED) is 0.289. The number of para-hydroxylation sites is 1. The van der Waals surface area contributed by atoms with E-state index in [9.17, 15) is 8.42 Å². The molecule has 0 unspecified atom stereocenters. The van der Waals surface area contributed by atoms with Gasteiger partial charge >= 0.3 is 0 Å². The lowest BCUT2D eigenvalue weighted by Crippen LogP contribution is -2.32. The highest BCUT2D eigenvalue weighted by atomic mass is 32.2. The van der Waals surface area contributed by atoms with Gasteiger partial charge in [0, 0.05) is 25.0 Å². The Hall–Kier alpha value is -2.71. The Morgan fingerprint density at radius 3 is 2.11 bits per heavy atom. The van der Waals surface area contributed by atoms with Crippen LogP contribution in [0.4, 0.5) is 11.8 Å². The summed E-state index contributed by atoms with van der Waals surface area (Å²) in [6, 6.07) is 15.2. The largest absolute Gasteiger partial charge is 0.369 e. The van der Waals surface area contributed by atoms with Gasteiger partial charge in [-0.1, -0.05) is 49.1 Å². The van der Waals surface area contributed by atoms with E-state index in [1.807, 2.05) is 31.2 Å². The van der Waals surface area contributed by atoms with Crippen molar-refractivity contribution in [1.29, 1.82) is 0 Å². The maximum atomic E-state index is 12.6. The first-order valence-electron chi connectivity index (χ1n) is 14.3. The molecule has 204 valence electrons. The standard InChI is InChI=1S/C30H41N5O2S/c1-22-11-17-26(18-12-22)38(36,37)33-21-25-15-13-24(14-16-25)20-32-30-34-28-10-6-5-9-27(28)29(35-30)31-19-23-7-3-2-4-8-23/h5-6,9-12,17-18,23-25,33H,2-4,7-8,13-16,19-21H2,1H3,(H2,31,32,34,35). The van der Waals surface area contributed by atoms with E-state index < -0.39 is 10.0 Å². The fraction of sp³-hybridized carbons (Fsp3) is 0.533. The lowest BCUT2D eigenvalue weighted by Gasteiger charge is -2.28. The summed E-state index contributed by atoms with van der Waals surface area (Å²) >= 11 is 0. The average molecular weight is 536 g/mol. The molecular formula is C30H41N5O2S. The van der Waals surface area contributed by atoms with Gasteiger partial charge in [-0.25, -0.2) is 18.1 Å². The van der Waals surface area contributed by atoms with Crippen molar-refractivity contribution >= 4 is 32.7 Å². The van der Waals surface area contributed by atoms with Gasteiger partial charge in [-0.05, 0) is 87.5 Å². The highest BCUT2D eigenvalue weighted by Crippen LogP contribution is 2.30. The Labute approximate surface area is 227 Å². The van der Waals surface area contributed by atoms with E-state index in [-0.39, 0.29) is 0 Å². The monoisotopic (exact) mass is 535 g/mol. The van der Waals surface area contributed by atoms with Crippen molar-refractivity contribution in [2.45, 2.75) is 69.6 Å². The number of fused-ring (bicyclic) bond motifs is 1. The molecule has 2 aliphatic carbocycles. The van der Waals surface area contributed by atoms with E-state index in [2.05, 4.69) is 27.5 Å². The van der Waals surface area contributed by atoms with Crippen LogP contribution < -0.4 is 15.4 Å². The van der Waals surface area contributed by atoms with Crippen molar-refractivity contribution in [3.8, 4) is 0 Å². The van der Waals surface area contributed by atoms with Crippen LogP contribution in [0.1, 0.15) is 63.4 Å². The molecule has 38 heavy (non-hydrogen) atoms. The van der Waals surface area contributed by atoms with Crippen molar-refractivity contribution in [3.05, 3.63) is 54.1 Å². The van der Waals surface area contributed by atoms with Gasteiger partial charge in [0.2, 0.25) is 16.0 Å². The Bertz CT molecular complexity index is 1300. The molecule has 0 aliphatic heterocycles. The number of rotatable bonds is 10. The van der Waals surface area contributed by atoms with Gasteiger partial charge in [0.25, 0.3) is 0 Å². The first kappa shape index (κ1) is 26.9. The Kier molecular flexibility index (Phi) is 8.79. The summed E-state index contributed by atoms with van der Waals surface area (Å²) in [7, 11) is -3.46. The number of benzene rings is 2. The molecule has 3 N–H and O–H groups in total. The van der Waals surface area contributed by atoms with E-state index in [0.29, 0.717) is 29.2 Å². The fourth-order valence-electron chi connectivity index (χ4n) is 5.83. The molecule has 8 heteroatoms. The summed E-state index contributed by atoms with van der Waals surface area (Å²) in [6.45, 7) is 4.26. The van der Waals surface area contributed by atoms with E-state index in [1.165, 1.54) is 32.1 Å². The van der Waals surface area contributed by atoms with Gasteiger partial charge in [-0.2, -0.15) is 4.98 Å². The molecule has 0 saturated heterocycles. The summed E-state index contributed by atoms with van der Waals surface area (Å²) in [5.41, 5.74) is 2.01. The molecule has 0 spiro atoms. The summed E-state index contributed by atoms with van der Waals surface area (Å²) in [5, 5.41) is 8.21. The Morgan fingerprint density at radius 2 is 1.37 bits per heavy atom. The summed E-state index contributed by atoms with van der Waals surface area (Å²) < 4.78 is 28.1. The first-order chi connectivity index (χ1) is 18.5. The second-order valence-corrected chi connectivity index (χ2v) is 13.0. The Balaban J connectivity index is 1.12. The molecule has 0 bridgehead atoms. The van der Waals surface area contributed by atoms with Crippen molar-refractivity contribution in [3.63, 3.8) is 0 Å². The molecule has 2 aliphatic rings. The maximum absolute atomic E-state index is 12.6. The van der Waals surface area contributed by atoms with E-state index in [4.69, 9.17) is 9.97 Å². The second-order valence-electron chi connectivity index (χ2n) is 11.2. The number of aromatic nitrogens is 2. The molecule has 2 aromatic carbocycles. The third kappa shape index (κ3) is 7.03. The molecule has 2 fully saturated rings. The van der Waals surface area contributed by atoms with Gasteiger partial charge < -0.3 is 10.6 Å². The first-order valence-corrected chi connectivity index (χ1v) is 15.8. The van der Waals surface area contributed by atoms with Crippen LogP contribution in [0.5, 0.6) is 0 Å². The highest BCUT2D eigenvalue weighted by molar-refractivity contribution is 7.89. The number of anilines is 2. The lowest BCUT2D eigenvalue weighted by atomic mass is 9.82. The zero-order valence-corrected chi connectivity index (χ0v) is 23.3. The number of aryl methyl sites for hydroxylation is 1. The van der Waals surface area contributed by atoms with Crippen LogP contribution in [0.25, 0.3) is 10.9 Å². The fourth-order valence-corrected chi connectivity index (χ4v) is 6.94. The van der Waals surface area contributed by atoms with Crippen molar-refractivity contribution in [2.75, 3.05) is 30.3 Å². The minimum atomic E-state index is -3.46. The van der Waals surface area contributed by atoms with Crippen LogP contribution in [0.3, 0.4) is 0 Å². The predicted octanol–water partition coefficient (Wildman–Crippen LogP) is 6.13. The summed E-state index contributed by atoms with van der Waals surface area (Å²) in [5.74, 6) is 3.24. The number of nitrogens with zero attached hydrogens (tertiary/aromatic N) is 2. The van der Waals surface area contributed by atoms with E-state index in [1.54, 1.807) is 12.1 Å². The molecule has 3 aromatic rings. The Morgan fingerprint density at radius 1 is 0.737 bits per heavy atom. The SMILES string of the molecule is Cc1ccc(S(=O)(=O)NCC2CCC(CNc3nc(NCC4CCCCC4)c4ccccc4n3)CC2)cc1. The molecule has 7 nitrogen and oxygen atoms in total. The van der Waals surface area contributed by atoms with Crippen LogP contribution in [-0.2, 0) is 10.0 Å². The molecule has 1 aromatic heterocycles. The molecule has 0 amide bonds. The molecule has 5 rings (SSSR count). The van der Waals surface area contributed by atoms with Crippen LogP contribution in [0, 0.1) is 24.7 Å². The lowest BCUT2D eigenvalue weighted by molar-refractivity contribution is 0.284. The third-order valence-corrected chi connectivity index (χ3v) is 9.73. The zero-order chi connectivity index (χ0) is 26.4.